The Bertz CT molecular complexity index is 682. The Balaban J connectivity index is 1.76. The number of carbonyl (C=O) groups excluding carboxylic acids is 1. The second-order valence-corrected chi connectivity index (χ2v) is 4.89. The minimum atomic E-state index is -1.08. The second-order valence-electron chi connectivity index (χ2n) is 4.89. The molecule has 0 spiro atoms. The smallest absolute Gasteiger partial charge is 0.334 e. The highest BCUT2D eigenvalue weighted by molar-refractivity contribution is 5.93. The standard InChI is InChI=1S/C15H14N2O5/c18-14(17-6-7-21-13(9-17)15(19)20)12-8-11(16-22-12)10-4-2-1-3-5-10/h1-5,8,13H,6-7,9H2,(H,19,20)/t13-/m0/s1. The Kier molecular flexibility index (Phi) is 3.88. The van der Waals surface area contributed by atoms with Crippen LogP contribution in [0.1, 0.15) is 10.6 Å². The van der Waals surface area contributed by atoms with Crippen LogP contribution in [0.5, 0.6) is 0 Å². The molecule has 0 radical (unpaired) electrons. The van der Waals surface area contributed by atoms with E-state index in [9.17, 15) is 9.59 Å². The molecule has 1 aromatic heterocycles. The lowest BCUT2D eigenvalue weighted by Gasteiger charge is -2.29. The largest absolute Gasteiger partial charge is 0.479 e. The van der Waals surface area contributed by atoms with Gasteiger partial charge in [-0.25, -0.2) is 4.79 Å². The number of hydrogen-bond acceptors (Lipinski definition) is 5. The summed E-state index contributed by atoms with van der Waals surface area (Å²) in [5.41, 5.74) is 1.41. The molecule has 7 nitrogen and oxygen atoms in total. The van der Waals surface area contributed by atoms with Gasteiger partial charge in [0.1, 0.15) is 5.69 Å². The molecule has 3 rings (SSSR count). The Morgan fingerprint density at radius 2 is 2.05 bits per heavy atom. The number of carboxylic acids is 1. The molecule has 1 N–H and O–H groups in total. The van der Waals surface area contributed by atoms with E-state index in [1.165, 1.54) is 4.90 Å². The first-order valence-electron chi connectivity index (χ1n) is 6.81. The molecule has 1 aromatic carbocycles. The predicted molar refractivity (Wildman–Crippen MR) is 75.2 cm³/mol. The van der Waals surface area contributed by atoms with E-state index in [0.29, 0.717) is 12.2 Å². The second kappa shape index (κ2) is 5.98. The van der Waals surface area contributed by atoms with Crippen LogP contribution in [0.2, 0.25) is 0 Å². The van der Waals surface area contributed by atoms with Crippen molar-refractivity contribution in [2.75, 3.05) is 19.7 Å². The number of morpholine rings is 1. The SMILES string of the molecule is O=C(O)[C@@H]1CN(C(=O)c2cc(-c3ccccc3)no2)CCO1. The first kappa shape index (κ1) is 14.3. The fourth-order valence-electron chi connectivity index (χ4n) is 2.26. The van der Waals surface area contributed by atoms with E-state index in [-0.39, 0.29) is 24.8 Å². The van der Waals surface area contributed by atoms with Gasteiger partial charge in [0.05, 0.1) is 13.2 Å². The number of aliphatic carboxylic acids is 1. The lowest BCUT2D eigenvalue weighted by atomic mass is 10.1. The maximum Gasteiger partial charge on any atom is 0.334 e. The Hall–Kier alpha value is -2.67. The van der Waals surface area contributed by atoms with Gasteiger partial charge in [-0.05, 0) is 0 Å². The zero-order valence-electron chi connectivity index (χ0n) is 11.6. The normalized spacial score (nSPS) is 18.2. The number of carboxylic acid groups (broad SMARTS) is 1. The van der Waals surface area contributed by atoms with Crippen LogP contribution in [0.15, 0.2) is 40.9 Å². The molecule has 1 aliphatic heterocycles. The van der Waals surface area contributed by atoms with Gasteiger partial charge in [-0.15, -0.1) is 0 Å². The van der Waals surface area contributed by atoms with Crippen molar-refractivity contribution in [2.24, 2.45) is 0 Å². The number of benzene rings is 1. The van der Waals surface area contributed by atoms with E-state index >= 15 is 0 Å². The summed E-state index contributed by atoms with van der Waals surface area (Å²) in [5.74, 6) is -1.38. The Labute approximate surface area is 126 Å². The monoisotopic (exact) mass is 302 g/mol. The minimum absolute atomic E-state index is 0.00443. The average Bonchev–Trinajstić information content (AvgIpc) is 3.05. The maximum absolute atomic E-state index is 12.4. The minimum Gasteiger partial charge on any atom is -0.479 e. The van der Waals surface area contributed by atoms with Crippen molar-refractivity contribution in [3.8, 4) is 11.3 Å². The van der Waals surface area contributed by atoms with Gasteiger partial charge >= 0.3 is 5.97 Å². The highest BCUT2D eigenvalue weighted by atomic mass is 16.5. The molecular formula is C15H14N2O5. The van der Waals surface area contributed by atoms with E-state index in [4.69, 9.17) is 14.4 Å². The van der Waals surface area contributed by atoms with Crippen molar-refractivity contribution >= 4 is 11.9 Å². The van der Waals surface area contributed by atoms with Gasteiger partial charge in [0.15, 0.2) is 6.10 Å². The molecule has 0 aliphatic carbocycles. The summed E-state index contributed by atoms with van der Waals surface area (Å²) in [5, 5.41) is 12.8. The van der Waals surface area contributed by atoms with Gasteiger partial charge in [-0.2, -0.15) is 0 Å². The molecule has 1 amide bonds. The van der Waals surface area contributed by atoms with Gasteiger partial charge < -0.3 is 19.3 Å². The number of ether oxygens (including phenoxy) is 1. The molecule has 1 atom stereocenters. The van der Waals surface area contributed by atoms with Gasteiger partial charge in [0.25, 0.3) is 5.91 Å². The van der Waals surface area contributed by atoms with Crippen molar-refractivity contribution in [1.29, 1.82) is 0 Å². The number of aromatic nitrogens is 1. The van der Waals surface area contributed by atoms with Crippen molar-refractivity contribution in [3.05, 3.63) is 42.2 Å². The first-order valence-corrected chi connectivity index (χ1v) is 6.81. The van der Waals surface area contributed by atoms with Crippen molar-refractivity contribution in [3.63, 3.8) is 0 Å². The zero-order chi connectivity index (χ0) is 15.5. The van der Waals surface area contributed by atoms with E-state index < -0.39 is 12.1 Å². The Morgan fingerprint density at radius 1 is 1.27 bits per heavy atom. The quantitative estimate of drug-likeness (QED) is 0.917. The molecule has 114 valence electrons. The number of carbonyl (C=O) groups is 2. The van der Waals surface area contributed by atoms with Crippen LogP contribution in [0.25, 0.3) is 11.3 Å². The van der Waals surface area contributed by atoms with Crippen LogP contribution < -0.4 is 0 Å². The summed E-state index contributed by atoms with van der Waals surface area (Å²) in [4.78, 5) is 24.7. The summed E-state index contributed by atoms with van der Waals surface area (Å²) in [6.07, 6.45) is -1.01. The number of nitrogens with zero attached hydrogens (tertiary/aromatic N) is 2. The first-order chi connectivity index (χ1) is 10.6. The highest BCUT2D eigenvalue weighted by Gasteiger charge is 2.31. The topological polar surface area (TPSA) is 92.9 Å². The number of hydrogen-bond donors (Lipinski definition) is 1. The van der Waals surface area contributed by atoms with Gasteiger partial charge in [-0.1, -0.05) is 35.5 Å². The summed E-state index contributed by atoms with van der Waals surface area (Å²) < 4.78 is 10.2. The van der Waals surface area contributed by atoms with Crippen LogP contribution in [0.4, 0.5) is 0 Å². The van der Waals surface area contributed by atoms with E-state index in [1.807, 2.05) is 30.3 Å². The van der Waals surface area contributed by atoms with Crippen LogP contribution >= 0.6 is 0 Å². The van der Waals surface area contributed by atoms with E-state index in [2.05, 4.69) is 5.16 Å². The summed E-state index contributed by atoms with van der Waals surface area (Å²) >= 11 is 0. The Morgan fingerprint density at radius 3 is 2.77 bits per heavy atom. The molecule has 0 bridgehead atoms. The average molecular weight is 302 g/mol. The maximum atomic E-state index is 12.4. The molecule has 7 heteroatoms. The molecule has 1 saturated heterocycles. The molecule has 0 saturated carbocycles. The summed E-state index contributed by atoms with van der Waals surface area (Å²) in [6.45, 7) is 0.502. The third kappa shape index (κ3) is 2.84. The van der Waals surface area contributed by atoms with Crippen molar-refractivity contribution < 1.29 is 24.0 Å². The number of amides is 1. The molecule has 2 aromatic rings. The molecule has 1 fully saturated rings. The fraction of sp³-hybridized carbons (Fsp3) is 0.267. The lowest BCUT2D eigenvalue weighted by molar-refractivity contribution is -0.154. The third-order valence-electron chi connectivity index (χ3n) is 3.42. The van der Waals surface area contributed by atoms with Crippen molar-refractivity contribution in [2.45, 2.75) is 6.10 Å². The van der Waals surface area contributed by atoms with Gasteiger partial charge in [0, 0.05) is 18.2 Å². The van der Waals surface area contributed by atoms with Gasteiger partial charge in [-0.3, -0.25) is 4.79 Å². The van der Waals surface area contributed by atoms with E-state index in [1.54, 1.807) is 6.07 Å². The number of rotatable bonds is 3. The molecule has 1 aliphatic rings. The van der Waals surface area contributed by atoms with Crippen LogP contribution in [-0.4, -0.2) is 52.8 Å². The molecule has 2 heterocycles. The lowest BCUT2D eigenvalue weighted by Crippen LogP contribution is -2.48. The molecule has 0 unspecified atom stereocenters. The van der Waals surface area contributed by atoms with Crippen LogP contribution in [-0.2, 0) is 9.53 Å². The summed E-state index contributed by atoms with van der Waals surface area (Å²) in [7, 11) is 0. The van der Waals surface area contributed by atoms with E-state index in [0.717, 1.165) is 5.56 Å². The van der Waals surface area contributed by atoms with Crippen LogP contribution in [0.3, 0.4) is 0 Å². The third-order valence-corrected chi connectivity index (χ3v) is 3.42. The van der Waals surface area contributed by atoms with Crippen molar-refractivity contribution in [1.82, 2.24) is 10.1 Å². The fourth-order valence-corrected chi connectivity index (χ4v) is 2.26. The molecular weight excluding hydrogens is 288 g/mol. The molecule has 22 heavy (non-hydrogen) atoms. The van der Waals surface area contributed by atoms with Gasteiger partial charge in [0.2, 0.25) is 5.76 Å². The van der Waals surface area contributed by atoms with Crippen LogP contribution in [0, 0.1) is 0 Å². The summed E-state index contributed by atoms with van der Waals surface area (Å²) in [6, 6.07) is 10.9. The highest BCUT2D eigenvalue weighted by Crippen LogP contribution is 2.20. The zero-order valence-corrected chi connectivity index (χ0v) is 11.6. The predicted octanol–water partition coefficient (Wildman–Crippen LogP) is 1.27.